The first-order valence-electron chi connectivity index (χ1n) is 5.81. The Bertz CT molecular complexity index is 349. The fourth-order valence-corrected chi connectivity index (χ4v) is 2.56. The third-order valence-electron chi connectivity index (χ3n) is 2.67. The van der Waals surface area contributed by atoms with E-state index in [1.165, 1.54) is 24.0 Å². The van der Waals surface area contributed by atoms with Crippen molar-refractivity contribution < 1.29 is 0 Å². The summed E-state index contributed by atoms with van der Waals surface area (Å²) < 4.78 is 2.20. The van der Waals surface area contributed by atoms with Gasteiger partial charge in [-0.25, -0.2) is 0 Å². The average Bonchev–Trinajstić information content (AvgIpc) is 2.35. The van der Waals surface area contributed by atoms with Crippen molar-refractivity contribution in [1.29, 1.82) is 0 Å². The Hall–Kier alpha value is -0.570. The zero-order valence-electron chi connectivity index (χ0n) is 9.99. The molecule has 86 valence electrons. The molecule has 1 unspecified atom stereocenters. The predicted octanol–water partition coefficient (Wildman–Crippen LogP) is 5.47. The molecule has 1 heteroatoms. The van der Waals surface area contributed by atoms with Gasteiger partial charge in [-0.05, 0) is 28.6 Å². The summed E-state index contributed by atoms with van der Waals surface area (Å²) in [7, 11) is 0. The molecule has 0 spiro atoms. The predicted molar refractivity (Wildman–Crippen MR) is 81.0 cm³/mol. The first-order valence-corrected chi connectivity index (χ1v) is 7.06. The normalized spacial score (nSPS) is 14.3. The van der Waals surface area contributed by atoms with Crippen molar-refractivity contribution in [2.75, 3.05) is 0 Å². The molecule has 0 bridgehead atoms. The summed E-state index contributed by atoms with van der Waals surface area (Å²) in [6, 6.07) is 10.8. The summed E-state index contributed by atoms with van der Waals surface area (Å²) in [5, 5.41) is 0. The van der Waals surface area contributed by atoms with E-state index >= 15 is 0 Å². The van der Waals surface area contributed by atoms with Gasteiger partial charge >= 0.3 is 0 Å². The molecule has 0 fully saturated rings. The molecule has 1 aromatic rings. The van der Waals surface area contributed by atoms with E-state index in [0.717, 1.165) is 0 Å². The van der Waals surface area contributed by atoms with Gasteiger partial charge in [-0.1, -0.05) is 78.4 Å². The average molecular weight is 326 g/mol. The molecule has 0 heterocycles. The zero-order valence-corrected chi connectivity index (χ0v) is 12.1. The van der Waals surface area contributed by atoms with E-state index in [0.29, 0.717) is 5.92 Å². The van der Waals surface area contributed by atoms with Crippen LogP contribution < -0.4 is 0 Å². The second-order valence-corrected chi connectivity index (χ2v) is 4.48. The van der Waals surface area contributed by atoms with Gasteiger partial charge in [0.25, 0.3) is 0 Å². The molecule has 0 aromatic heterocycles. The van der Waals surface area contributed by atoms with Gasteiger partial charge in [-0.3, -0.25) is 0 Å². The van der Waals surface area contributed by atoms with Crippen LogP contribution in [0.3, 0.4) is 0 Å². The number of hydrogen-bond acceptors (Lipinski definition) is 0. The van der Waals surface area contributed by atoms with Crippen LogP contribution in [0.4, 0.5) is 0 Å². The SMILES string of the molecule is C/C=C\C(=C/I)C(CCC)c1ccccc1. The van der Waals surface area contributed by atoms with E-state index in [1.54, 1.807) is 0 Å². The zero-order chi connectivity index (χ0) is 11.8. The molecule has 0 aliphatic heterocycles. The summed E-state index contributed by atoms with van der Waals surface area (Å²) in [6.45, 7) is 4.32. The Morgan fingerprint density at radius 1 is 1.31 bits per heavy atom. The number of benzene rings is 1. The van der Waals surface area contributed by atoms with Crippen molar-refractivity contribution in [2.45, 2.75) is 32.6 Å². The van der Waals surface area contributed by atoms with Crippen LogP contribution in [0.1, 0.15) is 38.2 Å². The van der Waals surface area contributed by atoms with Crippen LogP contribution in [0.5, 0.6) is 0 Å². The largest absolute Gasteiger partial charge is 0.0873 e. The van der Waals surface area contributed by atoms with Crippen molar-refractivity contribution in [1.82, 2.24) is 0 Å². The van der Waals surface area contributed by atoms with E-state index in [-0.39, 0.29) is 0 Å². The van der Waals surface area contributed by atoms with Gasteiger partial charge in [0, 0.05) is 5.92 Å². The number of allylic oxidation sites excluding steroid dienone is 3. The molecule has 1 aromatic carbocycles. The minimum Gasteiger partial charge on any atom is -0.0873 e. The highest BCUT2D eigenvalue weighted by atomic mass is 127. The standard InChI is InChI=1S/C15H19I/c1-3-8-14(12-16)15(9-4-2)13-10-6-5-7-11-13/h3,5-8,10-12,15H,4,9H2,1-2H3/b8-3-,14-12+. The lowest BCUT2D eigenvalue weighted by Gasteiger charge is -2.17. The fourth-order valence-electron chi connectivity index (χ4n) is 1.92. The Kier molecular flexibility index (Phi) is 6.46. The summed E-state index contributed by atoms with van der Waals surface area (Å²) in [6.07, 6.45) is 6.77. The first-order chi connectivity index (χ1) is 7.83. The Morgan fingerprint density at radius 3 is 2.50 bits per heavy atom. The summed E-state index contributed by atoms with van der Waals surface area (Å²) >= 11 is 2.34. The van der Waals surface area contributed by atoms with E-state index in [4.69, 9.17) is 0 Å². The number of halogens is 1. The van der Waals surface area contributed by atoms with Gasteiger partial charge in [0.15, 0.2) is 0 Å². The Labute approximate surface area is 113 Å². The maximum absolute atomic E-state index is 2.34. The molecule has 16 heavy (non-hydrogen) atoms. The third kappa shape index (κ3) is 3.78. The minimum atomic E-state index is 0.541. The second-order valence-electron chi connectivity index (χ2n) is 3.86. The molecule has 0 aliphatic rings. The Morgan fingerprint density at radius 2 is 2.00 bits per heavy atom. The van der Waals surface area contributed by atoms with Crippen molar-refractivity contribution in [3.05, 3.63) is 57.7 Å². The third-order valence-corrected chi connectivity index (χ3v) is 3.39. The minimum absolute atomic E-state index is 0.541. The topological polar surface area (TPSA) is 0 Å². The van der Waals surface area contributed by atoms with Gasteiger partial charge < -0.3 is 0 Å². The molecule has 0 saturated carbocycles. The van der Waals surface area contributed by atoms with Crippen LogP contribution in [0.15, 0.2) is 52.1 Å². The maximum atomic E-state index is 2.34. The van der Waals surface area contributed by atoms with Crippen LogP contribution in [-0.4, -0.2) is 0 Å². The van der Waals surface area contributed by atoms with Crippen molar-refractivity contribution >= 4 is 22.6 Å². The molecule has 1 atom stereocenters. The highest BCUT2D eigenvalue weighted by Crippen LogP contribution is 2.30. The highest BCUT2D eigenvalue weighted by Gasteiger charge is 2.12. The molecule has 0 N–H and O–H groups in total. The molecular formula is C15H19I. The molecular weight excluding hydrogens is 307 g/mol. The quantitative estimate of drug-likeness (QED) is 0.497. The molecule has 0 radical (unpaired) electrons. The molecule has 0 saturated heterocycles. The fraction of sp³-hybridized carbons (Fsp3) is 0.333. The van der Waals surface area contributed by atoms with Gasteiger partial charge in [0.05, 0.1) is 0 Å². The van der Waals surface area contributed by atoms with Gasteiger partial charge in [-0.15, -0.1) is 0 Å². The van der Waals surface area contributed by atoms with Crippen molar-refractivity contribution in [3.8, 4) is 0 Å². The number of hydrogen-bond donors (Lipinski definition) is 0. The summed E-state index contributed by atoms with van der Waals surface area (Å²) in [4.78, 5) is 0. The maximum Gasteiger partial charge on any atom is 0.00936 e. The highest BCUT2D eigenvalue weighted by molar-refractivity contribution is 14.1. The number of rotatable bonds is 5. The lowest BCUT2D eigenvalue weighted by molar-refractivity contribution is 0.699. The van der Waals surface area contributed by atoms with Gasteiger partial charge in [0.1, 0.15) is 0 Å². The van der Waals surface area contributed by atoms with E-state index in [1.807, 2.05) is 0 Å². The second kappa shape index (κ2) is 7.66. The van der Waals surface area contributed by atoms with Crippen LogP contribution >= 0.6 is 22.6 Å². The van der Waals surface area contributed by atoms with Gasteiger partial charge in [-0.2, -0.15) is 0 Å². The van der Waals surface area contributed by atoms with E-state index in [9.17, 15) is 0 Å². The van der Waals surface area contributed by atoms with E-state index in [2.05, 4.69) is 83.0 Å². The van der Waals surface area contributed by atoms with Crippen LogP contribution in [0, 0.1) is 0 Å². The summed E-state index contributed by atoms with van der Waals surface area (Å²) in [5.41, 5.74) is 2.83. The molecule has 0 aliphatic carbocycles. The van der Waals surface area contributed by atoms with Crippen LogP contribution in [0.2, 0.25) is 0 Å². The smallest absolute Gasteiger partial charge is 0.00936 e. The van der Waals surface area contributed by atoms with E-state index < -0.39 is 0 Å². The lowest BCUT2D eigenvalue weighted by atomic mass is 9.88. The Balaban J connectivity index is 2.99. The van der Waals surface area contributed by atoms with Crippen LogP contribution in [-0.2, 0) is 0 Å². The van der Waals surface area contributed by atoms with Crippen LogP contribution in [0.25, 0.3) is 0 Å². The van der Waals surface area contributed by atoms with Crippen molar-refractivity contribution in [2.24, 2.45) is 0 Å². The molecule has 1 rings (SSSR count). The summed E-state index contributed by atoms with van der Waals surface area (Å²) in [5.74, 6) is 0.541. The molecule has 0 amide bonds. The van der Waals surface area contributed by atoms with Crippen molar-refractivity contribution in [3.63, 3.8) is 0 Å². The molecule has 0 nitrogen and oxygen atoms in total. The monoisotopic (exact) mass is 326 g/mol. The first kappa shape index (κ1) is 13.5. The van der Waals surface area contributed by atoms with Gasteiger partial charge in [0.2, 0.25) is 0 Å². The lowest BCUT2D eigenvalue weighted by Crippen LogP contribution is -2.00.